The predicted molar refractivity (Wildman–Crippen MR) is 63.4 cm³/mol. The highest BCUT2D eigenvalue weighted by molar-refractivity contribution is 5.85. The van der Waals surface area contributed by atoms with Crippen LogP contribution < -0.4 is 0 Å². The lowest BCUT2D eigenvalue weighted by Crippen LogP contribution is -2.43. The van der Waals surface area contributed by atoms with E-state index in [-0.39, 0.29) is 13.2 Å². The van der Waals surface area contributed by atoms with Gasteiger partial charge in [-0.3, -0.25) is 9.64 Å². The Kier molecular flexibility index (Phi) is 7.16. The minimum atomic E-state index is -1.94. The van der Waals surface area contributed by atoms with Gasteiger partial charge in [0.25, 0.3) is 0 Å². The van der Waals surface area contributed by atoms with Crippen molar-refractivity contribution in [3.05, 3.63) is 11.4 Å². The van der Waals surface area contributed by atoms with Gasteiger partial charge in [0.2, 0.25) is 0 Å². The Morgan fingerprint density at radius 1 is 1.42 bits per heavy atom. The molecule has 0 amide bonds. The molecule has 7 nitrogen and oxygen atoms in total. The zero-order valence-corrected chi connectivity index (χ0v) is 10.9. The Morgan fingerprint density at radius 2 is 2.00 bits per heavy atom. The van der Waals surface area contributed by atoms with Crippen molar-refractivity contribution >= 4 is 11.9 Å². The van der Waals surface area contributed by atoms with Crippen LogP contribution in [0.4, 0.5) is 0 Å². The van der Waals surface area contributed by atoms with Crippen molar-refractivity contribution in [3.8, 4) is 6.07 Å². The summed E-state index contributed by atoms with van der Waals surface area (Å²) in [7, 11) is 0. The summed E-state index contributed by atoms with van der Waals surface area (Å²) in [6.07, 6.45) is -0.457. The van der Waals surface area contributed by atoms with E-state index in [1.54, 1.807) is 19.9 Å². The molecule has 19 heavy (non-hydrogen) atoms. The summed E-state index contributed by atoms with van der Waals surface area (Å²) in [5.74, 6) is -3.07. The number of esters is 2. The molecule has 0 aromatic rings. The fraction of sp³-hybridized carbons (Fsp3) is 0.667. The average molecular weight is 268 g/mol. The SMILES string of the molecule is [C-]#[N+]C(CO)(CC(C#N)C(=O)OCC)C(=O)OCC. The molecule has 0 aliphatic heterocycles. The maximum absolute atomic E-state index is 11.7. The first kappa shape index (κ1) is 16.9. The van der Waals surface area contributed by atoms with Crippen LogP contribution in [0.5, 0.6) is 0 Å². The van der Waals surface area contributed by atoms with E-state index < -0.39 is 36.4 Å². The molecule has 0 radical (unpaired) electrons. The number of rotatable bonds is 7. The molecular formula is C12H16N2O5. The lowest BCUT2D eigenvalue weighted by Gasteiger charge is -2.19. The highest BCUT2D eigenvalue weighted by atomic mass is 16.5. The Morgan fingerprint density at radius 3 is 2.37 bits per heavy atom. The normalized spacial score (nSPS) is 14.4. The molecule has 0 saturated carbocycles. The summed E-state index contributed by atoms with van der Waals surface area (Å²) in [5, 5.41) is 18.2. The van der Waals surface area contributed by atoms with Crippen molar-refractivity contribution in [2.45, 2.75) is 25.8 Å². The predicted octanol–water partition coefficient (Wildman–Crippen LogP) is 0.293. The molecule has 104 valence electrons. The molecular weight excluding hydrogens is 252 g/mol. The Balaban J connectivity index is 5.12. The summed E-state index contributed by atoms with van der Waals surface area (Å²) in [6.45, 7) is 9.45. The number of aliphatic hydroxyl groups is 1. The summed E-state index contributed by atoms with van der Waals surface area (Å²) >= 11 is 0. The highest BCUT2D eigenvalue weighted by Gasteiger charge is 2.50. The standard InChI is InChI=1S/C12H16N2O5/c1-4-18-10(16)9(7-13)6-12(8-15,14-3)11(17)19-5-2/h9,15H,4-6,8H2,1-2H3. The molecule has 0 rings (SSSR count). The Labute approximate surface area is 111 Å². The van der Waals surface area contributed by atoms with Gasteiger partial charge >= 0.3 is 17.5 Å². The zero-order valence-electron chi connectivity index (χ0n) is 10.9. The summed E-state index contributed by atoms with van der Waals surface area (Å²) in [5.41, 5.74) is -1.94. The molecule has 0 aromatic heterocycles. The molecule has 0 heterocycles. The van der Waals surface area contributed by atoms with Crippen molar-refractivity contribution in [3.63, 3.8) is 0 Å². The summed E-state index contributed by atoms with van der Waals surface area (Å²) in [6, 6.07) is 1.67. The highest BCUT2D eigenvalue weighted by Crippen LogP contribution is 2.24. The van der Waals surface area contributed by atoms with Gasteiger partial charge in [0.15, 0.2) is 5.92 Å². The molecule has 0 aliphatic rings. The minimum Gasteiger partial charge on any atom is -0.465 e. The third-order valence-electron chi connectivity index (χ3n) is 2.40. The van der Waals surface area contributed by atoms with Crippen molar-refractivity contribution in [2.75, 3.05) is 19.8 Å². The van der Waals surface area contributed by atoms with Gasteiger partial charge in [0.05, 0.1) is 25.7 Å². The quantitative estimate of drug-likeness (QED) is 0.526. The molecule has 0 saturated heterocycles. The van der Waals surface area contributed by atoms with Gasteiger partial charge < -0.3 is 14.6 Å². The van der Waals surface area contributed by atoms with Crippen LogP contribution in [0.3, 0.4) is 0 Å². The van der Waals surface area contributed by atoms with Gasteiger partial charge in [-0.05, 0) is 13.8 Å². The smallest absolute Gasteiger partial charge is 0.395 e. The van der Waals surface area contributed by atoms with Crippen LogP contribution in [0.15, 0.2) is 0 Å². The van der Waals surface area contributed by atoms with E-state index in [4.69, 9.17) is 16.6 Å². The van der Waals surface area contributed by atoms with Crippen molar-refractivity contribution in [1.29, 1.82) is 5.26 Å². The number of hydrogen-bond acceptors (Lipinski definition) is 6. The third-order valence-corrected chi connectivity index (χ3v) is 2.40. The topological polar surface area (TPSA) is 101 Å². The van der Waals surface area contributed by atoms with E-state index in [9.17, 15) is 14.7 Å². The largest absolute Gasteiger partial charge is 0.465 e. The summed E-state index contributed by atoms with van der Waals surface area (Å²) in [4.78, 5) is 26.2. The second-order valence-corrected chi connectivity index (χ2v) is 3.66. The third kappa shape index (κ3) is 4.23. The van der Waals surface area contributed by atoms with Crippen LogP contribution in [0.1, 0.15) is 20.3 Å². The number of carbonyl (C=O) groups excluding carboxylic acids is 2. The molecule has 0 aromatic carbocycles. The molecule has 1 N–H and O–H groups in total. The van der Waals surface area contributed by atoms with Gasteiger partial charge in [-0.15, -0.1) is 0 Å². The average Bonchev–Trinajstić information content (AvgIpc) is 2.41. The molecule has 2 atom stereocenters. The van der Waals surface area contributed by atoms with Crippen LogP contribution >= 0.6 is 0 Å². The first-order valence-electron chi connectivity index (χ1n) is 5.74. The fourth-order valence-corrected chi connectivity index (χ4v) is 1.37. The van der Waals surface area contributed by atoms with Gasteiger partial charge in [0, 0.05) is 0 Å². The molecule has 7 heteroatoms. The first-order valence-corrected chi connectivity index (χ1v) is 5.74. The fourth-order valence-electron chi connectivity index (χ4n) is 1.37. The molecule has 0 bridgehead atoms. The van der Waals surface area contributed by atoms with Crippen LogP contribution in [0.2, 0.25) is 0 Å². The van der Waals surface area contributed by atoms with E-state index in [2.05, 4.69) is 9.58 Å². The molecule has 2 unspecified atom stereocenters. The van der Waals surface area contributed by atoms with Crippen molar-refractivity contribution in [2.24, 2.45) is 5.92 Å². The second kappa shape index (κ2) is 8.06. The van der Waals surface area contributed by atoms with Crippen molar-refractivity contribution in [1.82, 2.24) is 0 Å². The van der Waals surface area contributed by atoms with E-state index in [0.29, 0.717) is 0 Å². The number of carbonyl (C=O) groups is 2. The first-order chi connectivity index (χ1) is 9.01. The summed E-state index contributed by atoms with van der Waals surface area (Å²) < 4.78 is 9.37. The number of hydrogen-bond donors (Lipinski definition) is 1. The monoisotopic (exact) mass is 268 g/mol. The van der Waals surface area contributed by atoms with Gasteiger partial charge in [-0.25, -0.2) is 11.4 Å². The van der Waals surface area contributed by atoms with Crippen LogP contribution in [-0.4, -0.2) is 42.4 Å². The number of ether oxygens (including phenoxy) is 2. The van der Waals surface area contributed by atoms with Gasteiger partial charge in [0.1, 0.15) is 6.61 Å². The van der Waals surface area contributed by atoms with E-state index in [0.717, 1.165) is 0 Å². The Bertz CT molecular complexity index is 409. The maximum atomic E-state index is 11.7. The molecule has 0 spiro atoms. The number of aliphatic hydroxyl groups excluding tert-OH is 1. The van der Waals surface area contributed by atoms with E-state index in [1.165, 1.54) is 0 Å². The lowest BCUT2D eigenvalue weighted by atomic mass is 9.89. The van der Waals surface area contributed by atoms with E-state index >= 15 is 0 Å². The molecule has 0 fully saturated rings. The number of nitriles is 1. The lowest BCUT2D eigenvalue weighted by molar-refractivity contribution is -0.152. The maximum Gasteiger partial charge on any atom is 0.395 e. The molecule has 0 aliphatic carbocycles. The number of nitrogens with zero attached hydrogens (tertiary/aromatic N) is 2. The van der Waals surface area contributed by atoms with Gasteiger partial charge in [-0.1, -0.05) is 0 Å². The zero-order chi connectivity index (χ0) is 14.9. The Hall–Kier alpha value is -2.12. The van der Waals surface area contributed by atoms with E-state index in [1.807, 2.05) is 0 Å². The second-order valence-electron chi connectivity index (χ2n) is 3.66. The van der Waals surface area contributed by atoms with Crippen LogP contribution in [0, 0.1) is 23.8 Å². The van der Waals surface area contributed by atoms with Gasteiger partial charge in [-0.2, -0.15) is 5.26 Å². The minimum absolute atomic E-state index is 0.0345. The van der Waals surface area contributed by atoms with Crippen molar-refractivity contribution < 1.29 is 24.2 Å². The van der Waals surface area contributed by atoms with Crippen LogP contribution in [-0.2, 0) is 19.1 Å². The van der Waals surface area contributed by atoms with Crippen LogP contribution in [0.25, 0.3) is 4.85 Å².